The molecule has 27 heavy (non-hydrogen) atoms. The van der Waals surface area contributed by atoms with E-state index in [-0.39, 0.29) is 11.9 Å². The van der Waals surface area contributed by atoms with Gasteiger partial charge in [0, 0.05) is 18.0 Å². The zero-order chi connectivity index (χ0) is 19.2. The van der Waals surface area contributed by atoms with Crippen LogP contribution in [-0.4, -0.2) is 12.1 Å². The van der Waals surface area contributed by atoms with Crippen molar-refractivity contribution >= 4 is 40.3 Å². The van der Waals surface area contributed by atoms with E-state index in [1.807, 2.05) is 42.5 Å². The topological polar surface area (TPSA) is 67.5 Å². The minimum atomic E-state index is -0.0456. The van der Waals surface area contributed by atoms with Crippen LogP contribution in [0.1, 0.15) is 33.1 Å². The monoisotopic (exact) mass is 469 g/mol. The van der Waals surface area contributed by atoms with Crippen molar-refractivity contribution in [3.05, 3.63) is 99.4 Å². The minimum absolute atomic E-state index is 0.0311. The summed E-state index contributed by atoms with van der Waals surface area (Å²) in [5.74, 6) is -0.0311. The Kier molecular flexibility index (Phi) is 6.24. The van der Waals surface area contributed by atoms with Gasteiger partial charge >= 0.3 is 0 Å². The van der Waals surface area contributed by atoms with Crippen molar-refractivity contribution in [2.24, 2.45) is 10.7 Å². The van der Waals surface area contributed by atoms with Crippen molar-refractivity contribution in [2.45, 2.75) is 12.5 Å². The van der Waals surface area contributed by atoms with E-state index in [4.69, 9.17) is 5.73 Å². The molecular weight excluding hydrogens is 449 g/mol. The molecule has 1 aliphatic rings. The molecule has 1 amide bonds. The summed E-state index contributed by atoms with van der Waals surface area (Å²) in [6.07, 6.45) is 7.47. The summed E-state index contributed by atoms with van der Waals surface area (Å²) < 4.78 is 0.791. The van der Waals surface area contributed by atoms with E-state index in [1.165, 1.54) is 5.56 Å². The number of nitrogens with one attached hydrogen (secondary N) is 1. The average molecular weight is 469 g/mol. The number of aliphatic imine (C=N–C) groups is 1. The van der Waals surface area contributed by atoms with Crippen LogP contribution in [0.3, 0.4) is 0 Å². The molecule has 1 aliphatic heterocycles. The highest BCUT2D eigenvalue weighted by Crippen LogP contribution is 2.31. The third kappa shape index (κ3) is 4.54. The molecule has 0 saturated heterocycles. The Balaban J connectivity index is 1.92. The number of hydrogen-bond donors (Lipinski definition) is 2. The molecule has 1 atom stereocenters. The van der Waals surface area contributed by atoms with Crippen LogP contribution in [0.4, 0.5) is 0 Å². The molecule has 3 N–H and O–H groups in total. The number of carbonyl (C=O) groups excluding carboxylic acids is 1. The predicted octanol–water partition coefficient (Wildman–Crippen LogP) is 4.55. The Morgan fingerprint density at radius 3 is 2.74 bits per heavy atom. The number of nitrogens with two attached hydrogens (primary N) is 1. The van der Waals surface area contributed by atoms with Crippen LogP contribution in [0.25, 0.3) is 5.57 Å². The standard InChI is InChI=1S/C22H20IN3O/c1-2-10-25-21(23)13-17(14-24)16-8-9-18-19(12-16)20(26-22(18)27)11-15-6-4-3-5-7-15/h2-10,12-14,20H,1,11,24H2,(H,26,27)/b17-14+,21-13+,25-10-. The number of amides is 1. The molecule has 2 aromatic carbocycles. The highest BCUT2D eigenvalue weighted by Gasteiger charge is 2.28. The number of rotatable bonds is 6. The molecule has 0 aromatic heterocycles. The van der Waals surface area contributed by atoms with Crippen LogP contribution in [0, 0.1) is 0 Å². The van der Waals surface area contributed by atoms with Gasteiger partial charge in [0.15, 0.2) is 0 Å². The largest absolute Gasteiger partial charge is 0.404 e. The van der Waals surface area contributed by atoms with E-state index >= 15 is 0 Å². The smallest absolute Gasteiger partial charge is 0.252 e. The maximum Gasteiger partial charge on any atom is 0.252 e. The van der Waals surface area contributed by atoms with Crippen molar-refractivity contribution < 1.29 is 4.79 Å². The summed E-state index contributed by atoms with van der Waals surface area (Å²) in [4.78, 5) is 16.6. The second-order valence-corrected chi connectivity index (χ2v) is 7.23. The van der Waals surface area contributed by atoms with Crippen LogP contribution < -0.4 is 11.1 Å². The quantitative estimate of drug-likeness (QED) is 0.282. The van der Waals surface area contributed by atoms with Gasteiger partial charge in [-0.1, -0.05) is 49.1 Å². The number of carbonyl (C=O) groups is 1. The van der Waals surface area contributed by atoms with Gasteiger partial charge in [0.1, 0.15) is 3.70 Å². The van der Waals surface area contributed by atoms with Crippen LogP contribution in [0.5, 0.6) is 0 Å². The number of nitrogens with zero attached hydrogens (tertiary/aromatic N) is 1. The van der Waals surface area contributed by atoms with Gasteiger partial charge in [-0.25, -0.2) is 0 Å². The molecule has 0 spiro atoms. The average Bonchev–Trinajstić information content (AvgIpc) is 3.00. The van der Waals surface area contributed by atoms with E-state index in [0.29, 0.717) is 0 Å². The van der Waals surface area contributed by atoms with Crippen molar-refractivity contribution in [1.29, 1.82) is 0 Å². The van der Waals surface area contributed by atoms with Gasteiger partial charge in [0.2, 0.25) is 0 Å². The summed E-state index contributed by atoms with van der Waals surface area (Å²) in [6, 6.07) is 15.9. The van der Waals surface area contributed by atoms with E-state index < -0.39 is 0 Å². The highest BCUT2D eigenvalue weighted by molar-refractivity contribution is 14.1. The molecule has 5 heteroatoms. The molecule has 2 aromatic rings. The fourth-order valence-corrected chi connectivity index (χ4v) is 3.58. The normalized spacial score (nSPS) is 17.1. The van der Waals surface area contributed by atoms with E-state index in [0.717, 1.165) is 32.4 Å². The molecule has 136 valence electrons. The molecule has 3 rings (SSSR count). The molecule has 4 nitrogen and oxygen atoms in total. The molecule has 1 heterocycles. The molecule has 0 fully saturated rings. The first-order valence-electron chi connectivity index (χ1n) is 8.55. The van der Waals surface area contributed by atoms with Gasteiger partial charge in [-0.05, 0) is 69.5 Å². The summed E-state index contributed by atoms with van der Waals surface area (Å²) >= 11 is 2.14. The number of benzene rings is 2. The van der Waals surface area contributed by atoms with E-state index in [2.05, 4.69) is 51.6 Å². The number of halogens is 1. The van der Waals surface area contributed by atoms with Gasteiger partial charge in [-0.15, -0.1) is 0 Å². The number of allylic oxidation sites excluding steroid dienone is 3. The molecule has 0 saturated carbocycles. The van der Waals surface area contributed by atoms with Crippen molar-refractivity contribution in [3.8, 4) is 0 Å². The third-order valence-corrected chi connectivity index (χ3v) is 4.94. The van der Waals surface area contributed by atoms with Crippen LogP contribution in [-0.2, 0) is 6.42 Å². The number of fused-ring (bicyclic) bond motifs is 1. The molecule has 0 aliphatic carbocycles. The molecular formula is C22H20IN3O. The third-order valence-electron chi connectivity index (χ3n) is 4.35. The zero-order valence-corrected chi connectivity index (χ0v) is 16.9. The highest BCUT2D eigenvalue weighted by atomic mass is 127. The Morgan fingerprint density at radius 1 is 1.26 bits per heavy atom. The summed E-state index contributed by atoms with van der Waals surface area (Å²) in [5, 5.41) is 3.08. The SMILES string of the molecule is C=C\C=N/C(I)=C/C(=C\N)c1ccc2c(c1)C(Cc1ccccc1)NC2=O. The summed E-state index contributed by atoms with van der Waals surface area (Å²) in [7, 11) is 0. The maximum absolute atomic E-state index is 12.3. The lowest BCUT2D eigenvalue weighted by Crippen LogP contribution is -2.20. The summed E-state index contributed by atoms with van der Waals surface area (Å²) in [5.41, 5.74) is 10.6. The maximum atomic E-state index is 12.3. The van der Waals surface area contributed by atoms with Gasteiger partial charge in [-0.2, -0.15) is 0 Å². The first-order chi connectivity index (χ1) is 13.1. The molecule has 0 radical (unpaired) electrons. The Morgan fingerprint density at radius 2 is 2.04 bits per heavy atom. The van der Waals surface area contributed by atoms with Gasteiger partial charge in [0.25, 0.3) is 5.91 Å². The lowest BCUT2D eigenvalue weighted by molar-refractivity contribution is 0.0956. The van der Waals surface area contributed by atoms with E-state index in [9.17, 15) is 4.79 Å². The van der Waals surface area contributed by atoms with Crippen molar-refractivity contribution in [1.82, 2.24) is 5.32 Å². The number of hydrogen-bond acceptors (Lipinski definition) is 3. The first-order valence-corrected chi connectivity index (χ1v) is 9.63. The van der Waals surface area contributed by atoms with E-state index in [1.54, 1.807) is 18.5 Å². The van der Waals surface area contributed by atoms with Gasteiger partial charge < -0.3 is 11.1 Å². The molecule has 0 bridgehead atoms. The second kappa shape index (κ2) is 8.81. The fraction of sp³-hybridized carbons (Fsp3) is 0.0909. The van der Waals surface area contributed by atoms with Crippen molar-refractivity contribution in [2.75, 3.05) is 0 Å². The Bertz CT molecular complexity index is 945. The van der Waals surface area contributed by atoms with Crippen LogP contribution in [0.15, 0.2) is 82.2 Å². The van der Waals surface area contributed by atoms with Crippen LogP contribution >= 0.6 is 22.6 Å². The van der Waals surface area contributed by atoms with Gasteiger partial charge in [0.05, 0.1) is 6.04 Å². The Labute approximate surface area is 172 Å². The zero-order valence-electron chi connectivity index (χ0n) is 14.7. The summed E-state index contributed by atoms with van der Waals surface area (Å²) in [6.45, 7) is 3.62. The second-order valence-electron chi connectivity index (χ2n) is 6.12. The van der Waals surface area contributed by atoms with Crippen molar-refractivity contribution in [3.63, 3.8) is 0 Å². The lowest BCUT2D eigenvalue weighted by Gasteiger charge is -2.13. The first kappa shape index (κ1) is 19.1. The van der Waals surface area contributed by atoms with Crippen LogP contribution in [0.2, 0.25) is 0 Å². The lowest BCUT2D eigenvalue weighted by atomic mass is 9.94. The predicted molar refractivity (Wildman–Crippen MR) is 120 cm³/mol. The minimum Gasteiger partial charge on any atom is -0.404 e. The molecule has 1 unspecified atom stereocenters. The van der Waals surface area contributed by atoms with Gasteiger partial charge in [-0.3, -0.25) is 9.79 Å². The Hall–Kier alpha value is -2.67. The fourth-order valence-electron chi connectivity index (χ4n) is 3.08.